The van der Waals surface area contributed by atoms with Gasteiger partial charge in [-0.1, -0.05) is 0 Å². The number of fused-ring (bicyclic) bond motifs is 1. The Kier molecular flexibility index (Phi) is 6.21. The third-order valence-electron chi connectivity index (χ3n) is 7.14. The Bertz CT molecular complexity index is 1460. The monoisotopic (exact) mass is 515 g/mol. The van der Waals surface area contributed by atoms with Crippen LogP contribution in [0, 0.1) is 5.82 Å². The van der Waals surface area contributed by atoms with Crippen LogP contribution in [0.1, 0.15) is 22.8 Å². The van der Waals surface area contributed by atoms with Crippen molar-refractivity contribution in [1.82, 2.24) is 19.9 Å². The number of hydrogen-bond donors (Lipinski definition) is 3. The number of benzene rings is 2. The quantitative estimate of drug-likeness (QED) is 0.318. The zero-order valence-electron chi connectivity index (χ0n) is 21.4. The van der Waals surface area contributed by atoms with Crippen molar-refractivity contribution in [3.05, 3.63) is 71.7 Å². The first-order valence-electron chi connectivity index (χ1n) is 12.7. The Hall–Kier alpha value is -4.02. The molecule has 2 fully saturated rings. The molecule has 2 saturated heterocycles. The van der Waals surface area contributed by atoms with Crippen molar-refractivity contribution >= 4 is 40.0 Å². The van der Waals surface area contributed by atoms with E-state index in [-0.39, 0.29) is 11.3 Å². The summed E-state index contributed by atoms with van der Waals surface area (Å²) >= 11 is 0. The molecule has 4 heterocycles. The maximum Gasteiger partial charge on any atom is 0.231 e. The highest BCUT2D eigenvalue weighted by molar-refractivity contribution is 6.18. The fourth-order valence-corrected chi connectivity index (χ4v) is 4.83. The molecule has 2 aromatic carbocycles. The summed E-state index contributed by atoms with van der Waals surface area (Å²) in [6, 6.07) is 13.8. The van der Waals surface area contributed by atoms with Crippen LogP contribution >= 0.6 is 0 Å². The molecule has 0 radical (unpaired) electrons. The lowest BCUT2D eigenvalue weighted by atomic mass is 9.99. The van der Waals surface area contributed by atoms with Gasteiger partial charge in [-0.3, -0.25) is 4.79 Å². The molecule has 0 aliphatic carbocycles. The number of rotatable bonds is 7. The molecule has 196 valence electrons. The normalized spacial score (nSPS) is 17.3. The van der Waals surface area contributed by atoms with E-state index in [1.807, 2.05) is 19.1 Å². The number of aromatic amines is 1. The Labute approximate surface area is 220 Å². The molecule has 0 bridgehead atoms. The minimum absolute atomic E-state index is 0.238. The molecular weight excluding hydrogens is 485 g/mol. The third-order valence-corrected chi connectivity index (χ3v) is 7.14. The number of carbonyl (C=O) groups is 1. The van der Waals surface area contributed by atoms with Crippen molar-refractivity contribution in [3.8, 4) is 0 Å². The second-order valence-electron chi connectivity index (χ2n) is 10.3. The first-order chi connectivity index (χ1) is 18.4. The molecule has 2 aliphatic heterocycles. The highest BCUT2D eigenvalue weighted by Gasteiger charge is 2.35. The summed E-state index contributed by atoms with van der Waals surface area (Å²) in [5.41, 5.74) is 3.07. The van der Waals surface area contributed by atoms with Crippen LogP contribution in [0.5, 0.6) is 0 Å². The molecule has 4 aromatic rings. The first kappa shape index (κ1) is 24.3. The predicted octanol–water partition coefficient (Wildman–Crippen LogP) is 4.02. The van der Waals surface area contributed by atoms with Crippen molar-refractivity contribution in [2.75, 3.05) is 62.0 Å². The molecule has 2 aliphatic rings. The summed E-state index contributed by atoms with van der Waals surface area (Å²) < 4.78 is 18.8. The number of ether oxygens (including phenoxy) is 1. The van der Waals surface area contributed by atoms with Crippen molar-refractivity contribution in [3.63, 3.8) is 0 Å². The van der Waals surface area contributed by atoms with Crippen molar-refractivity contribution in [2.24, 2.45) is 0 Å². The number of H-pyrrole nitrogens is 1. The van der Waals surface area contributed by atoms with Crippen molar-refractivity contribution in [1.29, 1.82) is 0 Å². The van der Waals surface area contributed by atoms with Gasteiger partial charge in [-0.25, -0.2) is 4.39 Å². The number of anilines is 4. The van der Waals surface area contributed by atoms with E-state index in [0.717, 1.165) is 31.9 Å². The van der Waals surface area contributed by atoms with Crippen LogP contribution in [0.2, 0.25) is 0 Å². The van der Waals surface area contributed by atoms with Crippen molar-refractivity contribution in [2.45, 2.75) is 12.5 Å². The van der Waals surface area contributed by atoms with Gasteiger partial charge in [0.15, 0.2) is 5.78 Å². The van der Waals surface area contributed by atoms with Crippen LogP contribution in [-0.2, 0) is 4.74 Å². The van der Waals surface area contributed by atoms with Gasteiger partial charge in [0, 0.05) is 49.3 Å². The van der Waals surface area contributed by atoms with Gasteiger partial charge in [-0.05, 0) is 62.5 Å². The molecule has 2 aromatic heterocycles. The standard InChI is InChI=1S/C28H30FN7O2/c1-28(16-38-17-28)34-26-23-22(24(37)18-3-5-19(29)6-4-18)15-30-25(23)32-27(33-26)31-20-7-9-21(10-8-20)36-13-11-35(2)12-14-36/h3-10,15H,11-14,16-17H2,1-2H3,(H3,30,31,32,33,34). The van der Waals surface area contributed by atoms with Gasteiger partial charge >= 0.3 is 0 Å². The minimum atomic E-state index is -0.392. The zero-order valence-corrected chi connectivity index (χ0v) is 21.4. The molecule has 0 saturated carbocycles. The smallest absolute Gasteiger partial charge is 0.231 e. The highest BCUT2D eigenvalue weighted by atomic mass is 19.1. The number of halogens is 1. The van der Waals surface area contributed by atoms with Gasteiger partial charge in [-0.15, -0.1) is 0 Å². The molecule has 0 amide bonds. The van der Waals surface area contributed by atoms with E-state index in [2.05, 4.69) is 49.6 Å². The van der Waals surface area contributed by atoms with E-state index < -0.39 is 5.82 Å². The summed E-state index contributed by atoms with van der Waals surface area (Å²) in [6.07, 6.45) is 1.63. The van der Waals surface area contributed by atoms with Gasteiger partial charge in [0.25, 0.3) is 0 Å². The van der Waals surface area contributed by atoms with E-state index >= 15 is 0 Å². The number of carbonyl (C=O) groups excluding carboxylic acids is 1. The van der Waals surface area contributed by atoms with E-state index in [4.69, 9.17) is 9.72 Å². The van der Waals surface area contributed by atoms with Crippen LogP contribution in [0.3, 0.4) is 0 Å². The Morgan fingerprint density at radius 2 is 1.74 bits per heavy atom. The summed E-state index contributed by atoms with van der Waals surface area (Å²) in [7, 11) is 2.15. The van der Waals surface area contributed by atoms with Crippen LogP contribution in [0.15, 0.2) is 54.7 Å². The molecule has 0 atom stereocenters. The lowest BCUT2D eigenvalue weighted by molar-refractivity contribution is -0.0319. The van der Waals surface area contributed by atoms with E-state index in [0.29, 0.717) is 47.1 Å². The summed E-state index contributed by atoms with van der Waals surface area (Å²) in [5, 5.41) is 7.35. The first-order valence-corrected chi connectivity index (χ1v) is 12.7. The Balaban J connectivity index is 1.30. The Morgan fingerprint density at radius 3 is 2.39 bits per heavy atom. The van der Waals surface area contributed by atoms with Gasteiger partial charge in [0.2, 0.25) is 5.95 Å². The second-order valence-corrected chi connectivity index (χ2v) is 10.3. The number of likely N-dealkylation sites (N-methyl/N-ethyl adjacent to an activating group) is 1. The van der Waals surface area contributed by atoms with Crippen molar-refractivity contribution < 1.29 is 13.9 Å². The molecule has 9 nitrogen and oxygen atoms in total. The molecule has 38 heavy (non-hydrogen) atoms. The molecule has 3 N–H and O–H groups in total. The summed E-state index contributed by atoms with van der Waals surface area (Å²) in [4.78, 5) is 30.6. The molecular formula is C28H30FN7O2. The minimum Gasteiger partial charge on any atom is -0.376 e. The van der Waals surface area contributed by atoms with Gasteiger partial charge in [-0.2, -0.15) is 9.97 Å². The largest absolute Gasteiger partial charge is 0.376 e. The average molecular weight is 516 g/mol. The number of hydrogen-bond acceptors (Lipinski definition) is 8. The number of nitrogens with one attached hydrogen (secondary N) is 3. The molecule has 0 spiro atoms. The number of nitrogens with zero attached hydrogens (tertiary/aromatic N) is 4. The van der Waals surface area contributed by atoms with Gasteiger partial charge < -0.3 is 30.2 Å². The fraction of sp³-hybridized carbons (Fsp3) is 0.321. The maximum atomic E-state index is 13.4. The highest BCUT2D eigenvalue weighted by Crippen LogP contribution is 2.32. The maximum absolute atomic E-state index is 13.4. The number of ketones is 1. The predicted molar refractivity (Wildman–Crippen MR) is 146 cm³/mol. The molecule has 6 rings (SSSR count). The lowest BCUT2D eigenvalue weighted by Crippen LogP contribution is -2.53. The molecule has 0 unspecified atom stereocenters. The lowest BCUT2D eigenvalue weighted by Gasteiger charge is -2.39. The third kappa shape index (κ3) is 4.80. The van der Waals surface area contributed by atoms with Crippen LogP contribution in [0.4, 0.5) is 27.5 Å². The SMILES string of the molecule is CN1CCN(c2ccc(Nc3nc(NC4(C)COC4)c4c(C(=O)c5ccc(F)cc5)c[nH]c4n3)cc2)CC1. The second kappa shape index (κ2) is 9.70. The summed E-state index contributed by atoms with van der Waals surface area (Å²) in [6.45, 7) is 7.22. The molecule has 10 heteroatoms. The van der Waals surface area contributed by atoms with E-state index in [1.165, 1.54) is 30.0 Å². The van der Waals surface area contributed by atoms with Crippen LogP contribution in [-0.4, -0.2) is 77.6 Å². The van der Waals surface area contributed by atoms with Crippen LogP contribution in [0.25, 0.3) is 11.0 Å². The van der Waals surface area contributed by atoms with Gasteiger partial charge in [0.1, 0.15) is 17.3 Å². The van der Waals surface area contributed by atoms with Gasteiger partial charge in [0.05, 0.1) is 29.7 Å². The number of aromatic nitrogens is 3. The zero-order chi connectivity index (χ0) is 26.3. The van der Waals surface area contributed by atoms with Crippen LogP contribution < -0.4 is 15.5 Å². The fourth-order valence-electron chi connectivity index (χ4n) is 4.83. The van der Waals surface area contributed by atoms with E-state index in [1.54, 1.807) is 6.20 Å². The Morgan fingerprint density at radius 1 is 1.03 bits per heavy atom. The number of piperazine rings is 1. The topological polar surface area (TPSA) is 98.4 Å². The average Bonchev–Trinajstić information content (AvgIpc) is 3.33. The van der Waals surface area contributed by atoms with E-state index in [9.17, 15) is 9.18 Å². The summed E-state index contributed by atoms with van der Waals surface area (Å²) in [5.74, 6) is 0.303.